The van der Waals surface area contributed by atoms with Crippen LogP contribution in [-0.2, 0) is 10.0 Å². The van der Waals surface area contributed by atoms with Crippen molar-refractivity contribution in [3.63, 3.8) is 0 Å². The molecule has 1 N–H and O–H groups in total. The van der Waals surface area contributed by atoms with Crippen LogP contribution in [0.15, 0.2) is 58.8 Å². The summed E-state index contributed by atoms with van der Waals surface area (Å²) in [7, 11) is -3.64. The molecule has 0 aliphatic carbocycles. The lowest BCUT2D eigenvalue weighted by Gasteiger charge is -2.26. The zero-order valence-electron chi connectivity index (χ0n) is 16.3. The van der Waals surface area contributed by atoms with Gasteiger partial charge in [-0.15, -0.1) is 11.3 Å². The van der Waals surface area contributed by atoms with Gasteiger partial charge in [0.25, 0.3) is 5.91 Å². The lowest BCUT2D eigenvalue weighted by atomic mass is 10.0. The minimum Gasteiger partial charge on any atom is -0.345 e. The monoisotopic (exact) mass is 428 g/mol. The third-order valence-corrected chi connectivity index (χ3v) is 8.37. The van der Waals surface area contributed by atoms with Crippen LogP contribution in [0.5, 0.6) is 0 Å². The van der Waals surface area contributed by atoms with Gasteiger partial charge >= 0.3 is 0 Å². The van der Waals surface area contributed by atoms with E-state index in [1.54, 1.807) is 11.4 Å². The molecule has 1 aliphatic rings. The van der Waals surface area contributed by atoms with Crippen LogP contribution >= 0.6 is 11.3 Å². The number of nitrogens with zero attached hydrogens (tertiary/aromatic N) is 1. The smallest absolute Gasteiger partial charge is 0.263 e. The van der Waals surface area contributed by atoms with Crippen molar-refractivity contribution in [1.82, 2.24) is 9.62 Å². The fraction of sp³-hybridized carbons (Fsp3) is 0.318. The van der Waals surface area contributed by atoms with E-state index in [4.69, 9.17) is 0 Å². The molecule has 152 valence electrons. The molecule has 1 aromatic heterocycles. The number of nitrogens with one attached hydrogen (secondary N) is 1. The first-order valence-corrected chi connectivity index (χ1v) is 12.2. The summed E-state index contributed by atoms with van der Waals surface area (Å²) in [4.78, 5) is 13.3. The Morgan fingerprint density at radius 3 is 2.52 bits per heavy atom. The van der Waals surface area contributed by atoms with Crippen molar-refractivity contribution in [2.45, 2.75) is 37.1 Å². The maximum Gasteiger partial charge on any atom is 0.263 e. The number of benzene rings is 2. The molecule has 2 heterocycles. The lowest BCUT2D eigenvalue weighted by Crippen LogP contribution is -2.36. The Morgan fingerprint density at radius 1 is 1.03 bits per heavy atom. The zero-order valence-corrected chi connectivity index (χ0v) is 17.9. The molecule has 1 fully saturated rings. The first-order chi connectivity index (χ1) is 14.0. The van der Waals surface area contributed by atoms with Gasteiger partial charge < -0.3 is 5.32 Å². The van der Waals surface area contributed by atoms with E-state index >= 15 is 0 Å². The van der Waals surface area contributed by atoms with Gasteiger partial charge in [-0.2, -0.15) is 4.31 Å². The first kappa shape index (κ1) is 20.1. The molecule has 1 aliphatic heterocycles. The molecule has 5 nitrogen and oxygen atoms in total. The van der Waals surface area contributed by atoms with Crippen LogP contribution in [0.3, 0.4) is 0 Å². The highest BCUT2D eigenvalue weighted by Crippen LogP contribution is 2.28. The van der Waals surface area contributed by atoms with Crippen molar-refractivity contribution in [3.8, 4) is 0 Å². The van der Waals surface area contributed by atoms with E-state index in [1.807, 2.05) is 43.3 Å². The second-order valence-electron chi connectivity index (χ2n) is 7.38. The third-order valence-electron chi connectivity index (χ3n) is 5.39. The number of carbonyl (C=O) groups is 1. The van der Waals surface area contributed by atoms with Crippen LogP contribution in [-0.4, -0.2) is 31.7 Å². The van der Waals surface area contributed by atoms with Crippen molar-refractivity contribution < 1.29 is 13.2 Å². The summed E-state index contributed by atoms with van der Waals surface area (Å²) in [5, 5.41) is 6.89. The largest absolute Gasteiger partial charge is 0.345 e. The molecule has 29 heavy (non-hydrogen) atoms. The first-order valence-electron chi connectivity index (χ1n) is 9.84. The summed E-state index contributed by atoms with van der Waals surface area (Å²) in [5.74, 6) is -0.351. The Hall–Kier alpha value is -2.22. The molecule has 2 aromatic carbocycles. The van der Waals surface area contributed by atoms with Gasteiger partial charge in [0.05, 0.1) is 6.04 Å². The summed E-state index contributed by atoms with van der Waals surface area (Å²) in [5.41, 5.74) is 0.981. The van der Waals surface area contributed by atoms with Crippen LogP contribution in [0.1, 0.15) is 47.5 Å². The van der Waals surface area contributed by atoms with E-state index in [0.29, 0.717) is 13.1 Å². The SMILES string of the molecule is CC(NC(=O)c1sccc1S(=O)(=O)N1CCCCC1)c1ccc2ccccc2c1. The Balaban J connectivity index is 1.55. The van der Waals surface area contributed by atoms with Crippen molar-refractivity contribution in [2.24, 2.45) is 0 Å². The quantitative estimate of drug-likeness (QED) is 0.647. The molecule has 7 heteroatoms. The van der Waals surface area contributed by atoms with Gasteiger partial charge in [0.2, 0.25) is 10.0 Å². The molecule has 1 unspecified atom stereocenters. The van der Waals surface area contributed by atoms with E-state index in [1.165, 1.54) is 15.6 Å². The van der Waals surface area contributed by atoms with Crippen LogP contribution < -0.4 is 5.32 Å². The summed E-state index contributed by atoms with van der Waals surface area (Å²) in [6, 6.07) is 15.5. The molecule has 1 amide bonds. The number of carbonyl (C=O) groups excluding carboxylic acids is 1. The van der Waals surface area contributed by atoms with Crippen molar-refractivity contribution in [1.29, 1.82) is 0 Å². The Kier molecular flexibility index (Phi) is 5.72. The molecular weight excluding hydrogens is 404 g/mol. The maximum absolute atomic E-state index is 13.0. The Morgan fingerprint density at radius 2 is 1.76 bits per heavy atom. The molecule has 1 atom stereocenters. The van der Waals surface area contributed by atoms with E-state index in [0.717, 1.165) is 35.6 Å². The second-order valence-corrected chi connectivity index (χ2v) is 10.2. The van der Waals surface area contributed by atoms with Crippen LogP contribution in [0.25, 0.3) is 10.8 Å². The van der Waals surface area contributed by atoms with E-state index < -0.39 is 10.0 Å². The third kappa shape index (κ3) is 4.08. The maximum atomic E-state index is 13.0. The van der Waals surface area contributed by atoms with Gasteiger partial charge in [0, 0.05) is 13.1 Å². The number of thiophene rings is 1. The second kappa shape index (κ2) is 8.26. The molecule has 3 aromatic rings. The number of amides is 1. The molecule has 0 saturated carbocycles. The van der Waals surface area contributed by atoms with Gasteiger partial charge in [0.1, 0.15) is 9.77 Å². The number of sulfonamides is 1. The summed E-state index contributed by atoms with van der Waals surface area (Å²) >= 11 is 1.17. The number of rotatable bonds is 5. The average molecular weight is 429 g/mol. The number of fused-ring (bicyclic) bond motifs is 1. The van der Waals surface area contributed by atoms with E-state index in [9.17, 15) is 13.2 Å². The normalized spacial score (nSPS) is 16.6. The van der Waals surface area contributed by atoms with E-state index in [2.05, 4.69) is 11.4 Å². The van der Waals surface area contributed by atoms with Crippen molar-refractivity contribution >= 4 is 38.0 Å². The van der Waals surface area contributed by atoms with Crippen LogP contribution in [0, 0.1) is 0 Å². The number of piperidine rings is 1. The van der Waals surface area contributed by atoms with Crippen molar-refractivity contribution in [2.75, 3.05) is 13.1 Å². The predicted molar refractivity (Wildman–Crippen MR) is 117 cm³/mol. The molecule has 0 bridgehead atoms. The van der Waals surface area contributed by atoms with Gasteiger partial charge in [-0.3, -0.25) is 4.79 Å². The zero-order chi connectivity index (χ0) is 20.4. The molecular formula is C22H24N2O3S2. The minimum absolute atomic E-state index is 0.118. The van der Waals surface area contributed by atoms with Gasteiger partial charge in [-0.25, -0.2) is 8.42 Å². The van der Waals surface area contributed by atoms with Crippen LogP contribution in [0.2, 0.25) is 0 Å². The van der Waals surface area contributed by atoms with Gasteiger partial charge in [-0.05, 0) is 53.6 Å². The lowest BCUT2D eigenvalue weighted by molar-refractivity contribution is 0.0941. The number of hydrogen-bond acceptors (Lipinski definition) is 4. The summed E-state index contributed by atoms with van der Waals surface area (Å²) in [6.07, 6.45) is 2.78. The predicted octanol–water partition coefficient (Wildman–Crippen LogP) is 4.57. The van der Waals surface area contributed by atoms with Gasteiger partial charge in [-0.1, -0.05) is 42.8 Å². The van der Waals surface area contributed by atoms with Crippen molar-refractivity contribution in [3.05, 3.63) is 64.4 Å². The molecule has 1 saturated heterocycles. The van der Waals surface area contributed by atoms with E-state index in [-0.39, 0.29) is 21.7 Å². The highest BCUT2D eigenvalue weighted by Gasteiger charge is 2.31. The standard InChI is InChI=1S/C22H24N2O3S2/c1-16(18-10-9-17-7-3-4-8-19(17)15-18)23-22(25)21-20(11-14-28-21)29(26,27)24-12-5-2-6-13-24/h3-4,7-11,14-16H,2,5-6,12-13H2,1H3,(H,23,25). The topological polar surface area (TPSA) is 66.5 Å². The summed E-state index contributed by atoms with van der Waals surface area (Å²) < 4.78 is 27.6. The fourth-order valence-corrected chi connectivity index (χ4v) is 6.55. The summed E-state index contributed by atoms with van der Waals surface area (Å²) in [6.45, 7) is 2.95. The molecule has 4 rings (SSSR count). The fourth-order valence-electron chi connectivity index (χ4n) is 3.73. The average Bonchev–Trinajstić information content (AvgIpc) is 3.25. The van der Waals surface area contributed by atoms with Gasteiger partial charge in [0.15, 0.2) is 0 Å². The Bertz CT molecular complexity index is 1130. The number of hydrogen-bond donors (Lipinski definition) is 1. The minimum atomic E-state index is -3.64. The Labute approximate surface area is 175 Å². The molecule has 0 spiro atoms. The van der Waals surface area contributed by atoms with Crippen LogP contribution in [0.4, 0.5) is 0 Å². The molecule has 0 radical (unpaired) electrons. The highest BCUT2D eigenvalue weighted by atomic mass is 32.2. The highest BCUT2D eigenvalue weighted by molar-refractivity contribution is 7.89.